The topological polar surface area (TPSA) is 75.8 Å². The summed E-state index contributed by atoms with van der Waals surface area (Å²) in [6.45, 7) is 0.590. The van der Waals surface area contributed by atoms with Crippen LogP contribution in [0.15, 0.2) is 22.8 Å². The third-order valence-corrected chi connectivity index (χ3v) is 4.66. The number of furan rings is 1. The summed E-state index contributed by atoms with van der Waals surface area (Å²) in [7, 11) is 0. The van der Waals surface area contributed by atoms with Gasteiger partial charge in [0.05, 0.1) is 6.26 Å². The number of amides is 1. The summed E-state index contributed by atoms with van der Waals surface area (Å²) in [6, 6.07) is 4.30. The van der Waals surface area contributed by atoms with Gasteiger partial charge in [-0.1, -0.05) is 0 Å². The molecule has 116 valence electrons. The number of carbonyl (C=O) groups is 1. The van der Waals surface area contributed by atoms with Gasteiger partial charge in [-0.05, 0) is 43.6 Å². The van der Waals surface area contributed by atoms with E-state index >= 15 is 0 Å². The highest BCUT2D eigenvalue weighted by molar-refractivity contribution is 7.71. The molecule has 2 unspecified atom stereocenters. The highest BCUT2D eigenvalue weighted by Gasteiger charge is 2.45. The first-order chi connectivity index (χ1) is 10.7. The molecule has 0 aliphatic heterocycles. The fraction of sp³-hybridized carbons (Fsp3) is 0.533. The Hall–Kier alpha value is -1.89. The summed E-state index contributed by atoms with van der Waals surface area (Å²) >= 11 is 5.25. The number of nitrogens with zero attached hydrogens (tertiary/aromatic N) is 2. The van der Waals surface area contributed by atoms with Crippen LogP contribution < -0.4 is 5.32 Å². The first-order valence-corrected chi connectivity index (χ1v) is 8.12. The largest absolute Gasteiger partial charge is 0.469 e. The molecule has 2 heterocycles. The molecule has 2 aromatic heterocycles. The Bertz CT molecular complexity index is 729. The van der Waals surface area contributed by atoms with Crippen molar-refractivity contribution in [2.24, 2.45) is 5.92 Å². The summed E-state index contributed by atoms with van der Waals surface area (Å²) < 4.78 is 8.13. The van der Waals surface area contributed by atoms with Crippen LogP contribution in [-0.2, 0) is 11.2 Å². The third kappa shape index (κ3) is 2.61. The van der Waals surface area contributed by atoms with Crippen LogP contribution in [-0.4, -0.2) is 27.2 Å². The lowest BCUT2D eigenvalue weighted by Crippen LogP contribution is -2.28. The first kappa shape index (κ1) is 13.8. The van der Waals surface area contributed by atoms with Crippen molar-refractivity contribution >= 4 is 18.1 Å². The van der Waals surface area contributed by atoms with Crippen LogP contribution in [0.3, 0.4) is 0 Å². The van der Waals surface area contributed by atoms with Gasteiger partial charge in [0.2, 0.25) is 5.91 Å². The first-order valence-electron chi connectivity index (χ1n) is 7.71. The third-order valence-electron chi connectivity index (χ3n) is 4.37. The van der Waals surface area contributed by atoms with Crippen LogP contribution in [0.2, 0.25) is 0 Å². The molecule has 2 N–H and O–H groups in total. The fourth-order valence-electron chi connectivity index (χ4n) is 2.95. The lowest BCUT2D eigenvalue weighted by Gasteiger charge is -2.06. The molecular weight excluding hydrogens is 300 g/mol. The Morgan fingerprint density at radius 1 is 1.55 bits per heavy atom. The predicted molar refractivity (Wildman–Crippen MR) is 82.0 cm³/mol. The van der Waals surface area contributed by atoms with Gasteiger partial charge in [-0.2, -0.15) is 5.10 Å². The molecule has 0 radical (unpaired) electrons. The van der Waals surface area contributed by atoms with Crippen LogP contribution in [0.1, 0.15) is 42.8 Å². The average Bonchev–Trinajstić information content (AvgIpc) is 3.42. The Kier molecular flexibility index (Phi) is 3.37. The van der Waals surface area contributed by atoms with Gasteiger partial charge >= 0.3 is 0 Å². The van der Waals surface area contributed by atoms with E-state index in [1.165, 1.54) is 12.8 Å². The van der Waals surface area contributed by atoms with Crippen LogP contribution in [0.5, 0.6) is 0 Å². The molecule has 1 amide bonds. The second-order valence-corrected chi connectivity index (χ2v) is 6.44. The maximum atomic E-state index is 12.1. The zero-order valence-electron chi connectivity index (χ0n) is 12.1. The molecule has 0 bridgehead atoms. The maximum absolute atomic E-state index is 12.1. The minimum Gasteiger partial charge on any atom is -0.469 e. The lowest BCUT2D eigenvalue weighted by molar-refractivity contribution is -0.122. The molecule has 0 aromatic carbocycles. The molecule has 22 heavy (non-hydrogen) atoms. The van der Waals surface area contributed by atoms with Crippen molar-refractivity contribution in [3.05, 3.63) is 34.8 Å². The molecule has 2 saturated carbocycles. The van der Waals surface area contributed by atoms with E-state index in [0.29, 0.717) is 23.8 Å². The highest BCUT2D eigenvalue weighted by atomic mass is 32.1. The van der Waals surface area contributed by atoms with E-state index in [2.05, 4.69) is 20.1 Å². The summed E-state index contributed by atoms with van der Waals surface area (Å²) in [6.07, 6.45) is 5.57. The smallest absolute Gasteiger partial charge is 0.223 e. The Labute approximate surface area is 132 Å². The zero-order valence-corrected chi connectivity index (χ0v) is 12.9. The normalized spacial score (nSPS) is 23.5. The number of aromatic amines is 1. The fourth-order valence-corrected chi connectivity index (χ4v) is 3.25. The summed E-state index contributed by atoms with van der Waals surface area (Å²) in [4.78, 5) is 12.1. The van der Waals surface area contributed by atoms with Crippen LogP contribution in [0, 0.1) is 10.7 Å². The molecule has 2 aliphatic carbocycles. The van der Waals surface area contributed by atoms with Gasteiger partial charge in [0.1, 0.15) is 11.6 Å². The number of hydrogen-bond acceptors (Lipinski definition) is 4. The monoisotopic (exact) mass is 318 g/mol. The molecule has 0 saturated heterocycles. The molecular formula is C15H18N4O2S. The summed E-state index contributed by atoms with van der Waals surface area (Å²) in [5.74, 6) is 2.25. The average molecular weight is 318 g/mol. The molecule has 2 aliphatic rings. The van der Waals surface area contributed by atoms with E-state index in [9.17, 15) is 4.79 Å². The molecule has 2 atom stereocenters. The van der Waals surface area contributed by atoms with Crippen LogP contribution in [0.25, 0.3) is 0 Å². The van der Waals surface area contributed by atoms with Crippen molar-refractivity contribution < 1.29 is 9.21 Å². The van der Waals surface area contributed by atoms with Crippen LogP contribution >= 0.6 is 12.2 Å². The van der Waals surface area contributed by atoms with E-state index in [-0.39, 0.29) is 17.7 Å². The van der Waals surface area contributed by atoms with Crippen molar-refractivity contribution in [3.63, 3.8) is 0 Å². The van der Waals surface area contributed by atoms with E-state index < -0.39 is 0 Å². The van der Waals surface area contributed by atoms with Gasteiger partial charge in [0.15, 0.2) is 4.77 Å². The van der Waals surface area contributed by atoms with Crippen molar-refractivity contribution in [2.45, 2.75) is 37.6 Å². The molecule has 2 fully saturated rings. The molecule has 4 rings (SSSR count). The van der Waals surface area contributed by atoms with E-state index in [4.69, 9.17) is 16.6 Å². The van der Waals surface area contributed by atoms with Gasteiger partial charge < -0.3 is 14.3 Å². The van der Waals surface area contributed by atoms with Crippen LogP contribution in [0.4, 0.5) is 0 Å². The van der Waals surface area contributed by atoms with Gasteiger partial charge in [0.25, 0.3) is 0 Å². The van der Waals surface area contributed by atoms with Gasteiger partial charge in [0, 0.05) is 30.8 Å². The predicted octanol–water partition coefficient (Wildman–Crippen LogP) is 2.33. The Morgan fingerprint density at radius 3 is 3.14 bits per heavy atom. The molecule has 6 nitrogen and oxygen atoms in total. The Morgan fingerprint density at radius 2 is 2.41 bits per heavy atom. The standard InChI is InChI=1S/C15H18N4O2S/c20-14(11-8-10(11)12-2-1-7-21-12)16-6-5-13-17-18-15(22)19(13)9-3-4-9/h1-2,7,9-11H,3-6,8H2,(H,16,20)(H,18,22). The second-order valence-electron chi connectivity index (χ2n) is 6.05. The van der Waals surface area contributed by atoms with E-state index in [0.717, 1.165) is 18.0 Å². The SMILES string of the molecule is O=C(NCCc1n[nH]c(=S)n1C1CC1)C1CC1c1ccco1. The molecule has 7 heteroatoms. The van der Waals surface area contributed by atoms with Gasteiger partial charge in [-0.3, -0.25) is 9.89 Å². The van der Waals surface area contributed by atoms with Crippen molar-refractivity contribution in [1.82, 2.24) is 20.1 Å². The second kappa shape index (κ2) is 5.39. The number of rotatable bonds is 6. The van der Waals surface area contributed by atoms with E-state index in [1.54, 1.807) is 6.26 Å². The minimum atomic E-state index is 0.0513. The minimum absolute atomic E-state index is 0.0513. The van der Waals surface area contributed by atoms with Crippen molar-refractivity contribution in [1.29, 1.82) is 0 Å². The molecule has 2 aromatic rings. The number of aromatic nitrogens is 3. The maximum Gasteiger partial charge on any atom is 0.223 e. The van der Waals surface area contributed by atoms with Crippen molar-refractivity contribution in [2.75, 3.05) is 6.54 Å². The number of carbonyl (C=O) groups excluding carboxylic acids is 1. The zero-order chi connectivity index (χ0) is 15.1. The summed E-state index contributed by atoms with van der Waals surface area (Å²) in [5, 5.41) is 10.1. The van der Waals surface area contributed by atoms with E-state index in [1.807, 2.05) is 12.1 Å². The number of hydrogen-bond donors (Lipinski definition) is 2. The summed E-state index contributed by atoms with van der Waals surface area (Å²) in [5.41, 5.74) is 0. The Balaban J connectivity index is 1.29. The number of H-pyrrole nitrogens is 1. The quantitative estimate of drug-likeness (QED) is 0.802. The van der Waals surface area contributed by atoms with Gasteiger partial charge in [-0.25, -0.2) is 0 Å². The number of nitrogens with one attached hydrogen (secondary N) is 2. The highest BCUT2D eigenvalue weighted by Crippen LogP contribution is 2.47. The van der Waals surface area contributed by atoms with Crippen molar-refractivity contribution in [3.8, 4) is 0 Å². The lowest BCUT2D eigenvalue weighted by atomic mass is 10.2. The molecule has 0 spiro atoms. The van der Waals surface area contributed by atoms with Gasteiger partial charge in [-0.15, -0.1) is 0 Å².